The van der Waals surface area contributed by atoms with Gasteiger partial charge in [0.15, 0.2) is 0 Å². The van der Waals surface area contributed by atoms with Crippen molar-refractivity contribution in [2.45, 2.75) is 64.7 Å². The van der Waals surface area contributed by atoms with E-state index in [-0.39, 0.29) is 0 Å². The van der Waals surface area contributed by atoms with Crippen LogP contribution in [0.15, 0.2) is 0 Å². The number of hydrogen-bond donors (Lipinski definition) is 1. The van der Waals surface area contributed by atoms with Gasteiger partial charge in [0.05, 0.1) is 0 Å². The van der Waals surface area contributed by atoms with Crippen molar-refractivity contribution in [2.75, 3.05) is 13.6 Å². The van der Waals surface area contributed by atoms with Crippen molar-refractivity contribution in [2.24, 2.45) is 11.8 Å². The van der Waals surface area contributed by atoms with Crippen LogP contribution in [0.3, 0.4) is 0 Å². The maximum absolute atomic E-state index is 3.39. The highest BCUT2D eigenvalue weighted by Crippen LogP contribution is 2.33. The van der Waals surface area contributed by atoms with E-state index >= 15 is 0 Å². The highest BCUT2D eigenvalue weighted by Gasteiger charge is 2.23. The van der Waals surface area contributed by atoms with E-state index in [1.807, 2.05) is 0 Å². The average Bonchev–Trinajstić information content (AvgIpc) is 2.76. The predicted octanol–water partition coefficient (Wildman–Crippen LogP) is 3.98. The monoisotopic (exact) mass is 211 g/mol. The molecule has 1 atom stereocenters. The molecular formula is C14H29N. The first-order valence-electron chi connectivity index (χ1n) is 7.03. The number of hydrogen-bond acceptors (Lipinski definition) is 1. The molecule has 1 N–H and O–H groups in total. The van der Waals surface area contributed by atoms with Crippen LogP contribution >= 0.6 is 0 Å². The van der Waals surface area contributed by atoms with E-state index in [9.17, 15) is 0 Å². The zero-order valence-corrected chi connectivity index (χ0v) is 10.7. The molecule has 0 aromatic heterocycles. The summed E-state index contributed by atoms with van der Waals surface area (Å²) in [4.78, 5) is 0. The molecule has 0 saturated heterocycles. The van der Waals surface area contributed by atoms with Crippen molar-refractivity contribution in [3.63, 3.8) is 0 Å². The molecule has 1 aliphatic rings. The summed E-state index contributed by atoms with van der Waals surface area (Å²) in [6.45, 7) is 3.54. The lowest BCUT2D eigenvalue weighted by atomic mass is 9.86. The van der Waals surface area contributed by atoms with Crippen LogP contribution in [-0.2, 0) is 0 Å². The average molecular weight is 211 g/mol. The molecule has 1 unspecified atom stereocenters. The van der Waals surface area contributed by atoms with E-state index in [2.05, 4.69) is 19.3 Å². The lowest BCUT2D eigenvalue weighted by Gasteiger charge is -2.23. The second-order valence-electron chi connectivity index (χ2n) is 5.21. The van der Waals surface area contributed by atoms with E-state index in [0.29, 0.717) is 0 Å². The van der Waals surface area contributed by atoms with Crippen molar-refractivity contribution < 1.29 is 0 Å². The Labute approximate surface area is 96.0 Å². The predicted molar refractivity (Wildman–Crippen MR) is 68.1 cm³/mol. The molecule has 1 heteroatoms. The van der Waals surface area contributed by atoms with Gasteiger partial charge in [-0.25, -0.2) is 0 Å². The smallest absolute Gasteiger partial charge is 0.00209 e. The molecule has 0 spiro atoms. The van der Waals surface area contributed by atoms with Crippen LogP contribution < -0.4 is 5.32 Å². The van der Waals surface area contributed by atoms with E-state index in [0.717, 1.165) is 11.8 Å². The van der Waals surface area contributed by atoms with Crippen molar-refractivity contribution in [3.8, 4) is 0 Å². The molecule has 0 aliphatic heterocycles. The van der Waals surface area contributed by atoms with Gasteiger partial charge in [0.25, 0.3) is 0 Å². The van der Waals surface area contributed by atoms with Crippen LogP contribution in [-0.4, -0.2) is 13.6 Å². The molecule has 1 aliphatic carbocycles. The molecule has 0 radical (unpaired) electrons. The van der Waals surface area contributed by atoms with E-state index in [1.54, 1.807) is 0 Å². The minimum absolute atomic E-state index is 0.967. The fraction of sp³-hybridized carbons (Fsp3) is 1.00. The van der Waals surface area contributed by atoms with E-state index < -0.39 is 0 Å². The molecule has 1 fully saturated rings. The van der Waals surface area contributed by atoms with Gasteiger partial charge in [-0.2, -0.15) is 0 Å². The third kappa shape index (κ3) is 5.01. The Hall–Kier alpha value is -0.0400. The molecule has 1 saturated carbocycles. The Balaban J connectivity index is 2.17. The van der Waals surface area contributed by atoms with Crippen LogP contribution in [0.1, 0.15) is 64.7 Å². The third-order valence-electron chi connectivity index (χ3n) is 3.96. The fourth-order valence-electron chi connectivity index (χ4n) is 3.03. The zero-order chi connectivity index (χ0) is 10.9. The van der Waals surface area contributed by atoms with Crippen LogP contribution in [0, 0.1) is 11.8 Å². The van der Waals surface area contributed by atoms with E-state index in [1.165, 1.54) is 64.3 Å². The van der Waals surface area contributed by atoms with Crippen LogP contribution in [0.5, 0.6) is 0 Å². The Morgan fingerprint density at radius 2 is 1.87 bits per heavy atom. The normalized spacial score (nSPS) is 19.6. The van der Waals surface area contributed by atoms with Crippen LogP contribution in [0.4, 0.5) is 0 Å². The molecule has 1 rings (SSSR count). The van der Waals surface area contributed by atoms with Gasteiger partial charge in [0.1, 0.15) is 0 Å². The van der Waals surface area contributed by atoms with Gasteiger partial charge in [-0.05, 0) is 31.8 Å². The summed E-state index contributed by atoms with van der Waals surface area (Å²) in [6, 6.07) is 0. The summed E-state index contributed by atoms with van der Waals surface area (Å²) in [6.07, 6.45) is 13.1. The van der Waals surface area contributed by atoms with Gasteiger partial charge in [0, 0.05) is 0 Å². The minimum atomic E-state index is 0.967. The molecule has 1 nitrogen and oxygen atoms in total. The second-order valence-corrected chi connectivity index (χ2v) is 5.21. The number of unbranched alkanes of at least 4 members (excludes halogenated alkanes) is 3. The third-order valence-corrected chi connectivity index (χ3v) is 3.96. The second kappa shape index (κ2) is 8.15. The van der Waals surface area contributed by atoms with Gasteiger partial charge in [-0.15, -0.1) is 0 Å². The Morgan fingerprint density at radius 1 is 1.13 bits per heavy atom. The molecule has 0 bridgehead atoms. The Kier molecular flexibility index (Phi) is 7.08. The van der Waals surface area contributed by atoms with Crippen molar-refractivity contribution >= 4 is 0 Å². The van der Waals surface area contributed by atoms with Crippen molar-refractivity contribution in [3.05, 3.63) is 0 Å². The summed E-state index contributed by atoms with van der Waals surface area (Å²) >= 11 is 0. The van der Waals surface area contributed by atoms with Gasteiger partial charge in [0.2, 0.25) is 0 Å². The van der Waals surface area contributed by atoms with Gasteiger partial charge < -0.3 is 5.32 Å². The van der Waals surface area contributed by atoms with Gasteiger partial charge in [-0.1, -0.05) is 58.3 Å². The summed E-state index contributed by atoms with van der Waals surface area (Å²) in [5.74, 6) is 2.01. The maximum atomic E-state index is 3.39. The zero-order valence-electron chi connectivity index (χ0n) is 10.7. The Bertz CT molecular complexity index is 138. The van der Waals surface area contributed by atoms with Crippen LogP contribution in [0.2, 0.25) is 0 Å². The SMILES string of the molecule is CCCCCCC(CNC)C1CCCC1. The fourth-order valence-corrected chi connectivity index (χ4v) is 3.03. The van der Waals surface area contributed by atoms with Gasteiger partial charge in [-0.3, -0.25) is 0 Å². The summed E-state index contributed by atoms with van der Waals surface area (Å²) in [5, 5.41) is 3.39. The molecule has 0 aromatic carbocycles. The largest absolute Gasteiger partial charge is 0.319 e. The molecular weight excluding hydrogens is 182 g/mol. The Morgan fingerprint density at radius 3 is 2.47 bits per heavy atom. The first-order valence-corrected chi connectivity index (χ1v) is 7.03. The molecule has 0 heterocycles. The number of rotatable bonds is 8. The first kappa shape index (κ1) is 13.0. The first-order chi connectivity index (χ1) is 7.38. The summed E-state index contributed by atoms with van der Waals surface area (Å²) in [5.41, 5.74) is 0. The van der Waals surface area contributed by atoms with Gasteiger partial charge >= 0.3 is 0 Å². The minimum Gasteiger partial charge on any atom is -0.319 e. The highest BCUT2D eigenvalue weighted by atomic mass is 14.8. The van der Waals surface area contributed by atoms with E-state index in [4.69, 9.17) is 0 Å². The molecule has 0 amide bonds. The maximum Gasteiger partial charge on any atom is -0.00209 e. The lowest BCUT2D eigenvalue weighted by Crippen LogP contribution is -2.24. The molecule has 15 heavy (non-hydrogen) atoms. The van der Waals surface area contributed by atoms with Crippen LogP contribution in [0.25, 0.3) is 0 Å². The summed E-state index contributed by atoms with van der Waals surface area (Å²) in [7, 11) is 2.11. The van der Waals surface area contributed by atoms with Crippen molar-refractivity contribution in [1.82, 2.24) is 5.32 Å². The quantitative estimate of drug-likeness (QED) is 0.599. The molecule has 90 valence electrons. The lowest BCUT2D eigenvalue weighted by molar-refractivity contribution is 0.301. The summed E-state index contributed by atoms with van der Waals surface area (Å²) < 4.78 is 0. The molecule has 0 aromatic rings. The van der Waals surface area contributed by atoms with Crippen molar-refractivity contribution in [1.29, 1.82) is 0 Å². The topological polar surface area (TPSA) is 12.0 Å². The standard InChI is InChI=1S/C14H29N/c1-3-4-5-6-11-14(12-15-2)13-9-7-8-10-13/h13-15H,3-12H2,1-2H3. The number of nitrogens with one attached hydrogen (secondary N) is 1. The highest BCUT2D eigenvalue weighted by molar-refractivity contribution is 4.76.